The maximum Gasteiger partial charge on any atom is 0.122 e. The van der Waals surface area contributed by atoms with E-state index >= 15 is 0 Å². The Morgan fingerprint density at radius 3 is 1.85 bits per heavy atom. The van der Waals surface area contributed by atoms with Crippen LogP contribution < -0.4 is 0 Å². The molecule has 34 heavy (non-hydrogen) atoms. The lowest BCUT2D eigenvalue weighted by Gasteiger charge is -2.27. The molecule has 2 aliphatic rings. The summed E-state index contributed by atoms with van der Waals surface area (Å²) in [5, 5.41) is 41.7. The largest absolute Gasteiger partial charge is 0.507 e. The Morgan fingerprint density at radius 1 is 0.765 bits per heavy atom. The normalized spacial score (nSPS) is 15.5. The first kappa shape index (κ1) is 24.1. The molecule has 0 saturated carbocycles. The second-order valence-electron chi connectivity index (χ2n) is 9.43. The summed E-state index contributed by atoms with van der Waals surface area (Å²) >= 11 is 0. The van der Waals surface area contributed by atoms with E-state index in [1.807, 2.05) is 38.1 Å². The van der Waals surface area contributed by atoms with Crippen LogP contribution in [0.5, 0.6) is 11.5 Å². The minimum absolute atomic E-state index is 0.0220. The fraction of sp³-hybridized carbons (Fsp3) is 0.333. The highest BCUT2D eigenvalue weighted by Crippen LogP contribution is 2.47. The van der Waals surface area contributed by atoms with Crippen molar-refractivity contribution in [2.24, 2.45) is 0 Å². The Kier molecular flexibility index (Phi) is 7.11. The van der Waals surface area contributed by atoms with Gasteiger partial charge < -0.3 is 20.4 Å². The van der Waals surface area contributed by atoms with Crippen molar-refractivity contribution in [2.45, 2.75) is 52.4 Å². The molecule has 0 saturated heterocycles. The van der Waals surface area contributed by atoms with Crippen LogP contribution in [-0.2, 0) is 12.8 Å². The molecule has 0 amide bonds. The quantitative estimate of drug-likeness (QED) is 0.445. The molecule has 178 valence electrons. The lowest BCUT2D eigenvalue weighted by Crippen LogP contribution is -2.10. The Labute approximate surface area is 201 Å². The van der Waals surface area contributed by atoms with Crippen molar-refractivity contribution in [2.75, 3.05) is 13.2 Å². The van der Waals surface area contributed by atoms with Crippen molar-refractivity contribution < 1.29 is 20.4 Å². The smallest absolute Gasteiger partial charge is 0.122 e. The van der Waals surface area contributed by atoms with Crippen LogP contribution in [-0.4, -0.2) is 33.6 Å². The summed E-state index contributed by atoms with van der Waals surface area (Å²) in [4.78, 5) is 0. The van der Waals surface area contributed by atoms with Gasteiger partial charge in [-0.3, -0.25) is 0 Å². The molecular formula is C30H34O4. The minimum Gasteiger partial charge on any atom is -0.507 e. The molecule has 4 nitrogen and oxygen atoms in total. The van der Waals surface area contributed by atoms with Crippen molar-refractivity contribution >= 4 is 0 Å². The van der Waals surface area contributed by atoms with E-state index in [9.17, 15) is 20.4 Å². The number of hydrogen-bond acceptors (Lipinski definition) is 4. The summed E-state index contributed by atoms with van der Waals surface area (Å²) in [5.41, 5.74) is 9.52. The zero-order chi connectivity index (χ0) is 24.4. The zero-order valence-corrected chi connectivity index (χ0v) is 20.2. The third-order valence-electron chi connectivity index (χ3n) is 7.00. The third kappa shape index (κ3) is 4.61. The van der Waals surface area contributed by atoms with Crippen molar-refractivity contribution in [1.29, 1.82) is 0 Å². The molecule has 2 aliphatic carbocycles. The third-order valence-corrected chi connectivity index (χ3v) is 7.00. The minimum atomic E-state index is -0.404. The van der Waals surface area contributed by atoms with E-state index in [0.29, 0.717) is 24.0 Å². The lowest BCUT2D eigenvalue weighted by molar-refractivity contribution is 0.299. The topological polar surface area (TPSA) is 80.9 Å². The van der Waals surface area contributed by atoms with E-state index in [1.54, 1.807) is 0 Å². The van der Waals surface area contributed by atoms with Crippen LogP contribution >= 0.6 is 0 Å². The van der Waals surface area contributed by atoms with Gasteiger partial charge in [-0.15, -0.1) is 0 Å². The molecule has 0 bridgehead atoms. The number of phenols is 2. The number of benzene rings is 2. The standard InChI is InChI=1S/C30H34O4/c1-18-7-8-23-5-4-6-24(23)17-25(18)28(26-15-21(9-11-31)13-19(2)29(26)33)27-16-22(10-12-32)14-20(3)30(27)34/h4-5,7,13-17,28,31-34H,6,8-12H2,1-3H3. The SMILES string of the molecule is CC1=CCC2=C(C=C1C(c1cc(CCO)cc(C)c1O)c1cc(CCO)cc(C)c1O)CC=C2. The van der Waals surface area contributed by atoms with Gasteiger partial charge in [0.1, 0.15) is 11.5 Å². The van der Waals surface area contributed by atoms with Crippen molar-refractivity contribution in [3.8, 4) is 11.5 Å². The maximum absolute atomic E-state index is 11.3. The lowest BCUT2D eigenvalue weighted by atomic mass is 9.78. The molecule has 2 aromatic carbocycles. The summed E-state index contributed by atoms with van der Waals surface area (Å²) < 4.78 is 0. The van der Waals surface area contributed by atoms with E-state index in [4.69, 9.17) is 0 Å². The van der Waals surface area contributed by atoms with Gasteiger partial charge in [0.2, 0.25) is 0 Å². The molecule has 0 fully saturated rings. The zero-order valence-electron chi connectivity index (χ0n) is 20.2. The molecule has 0 radical (unpaired) electrons. The monoisotopic (exact) mass is 458 g/mol. The Hall–Kier alpha value is -3.08. The van der Waals surface area contributed by atoms with E-state index < -0.39 is 5.92 Å². The van der Waals surface area contributed by atoms with Gasteiger partial charge in [-0.1, -0.05) is 54.1 Å². The number of aliphatic hydroxyl groups is 2. The van der Waals surface area contributed by atoms with E-state index in [-0.39, 0.29) is 24.7 Å². The van der Waals surface area contributed by atoms with E-state index in [1.165, 1.54) is 11.1 Å². The molecule has 4 rings (SSSR count). The second-order valence-corrected chi connectivity index (χ2v) is 9.43. The van der Waals surface area contributed by atoms with Crippen LogP contribution in [0.2, 0.25) is 0 Å². The second kappa shape index (κ2) is 10.0. The summed E-state index contributed by atoms with van der Waals surface area (Å²) in [7, 11) is 0. The van der Waals surface area contributed by atoms with Crippen molar-refractivity contribution in [1.82, 2.24) is 0 Å². The average Bonchev–Trinajstić information content (AvgIpc) is 3.19. The predicted molar refractivity (Wildman–Crippen MR) is 136 cm³/mol. The molecule has 0 aliphatic heterocycles. The summed E-state index contributed by atoms with van der Waals surface area (Å²) in [6, 6.07) is 7.73. The molecule has 0 spiro atoms. The molecule has 0 heterocycles. The van der Waals surface area contributed by atoms with Gasteiger partial charge in [-0.05, 0) is 85.4 Å². The number of aliphatic hydroxyl groups excluding tert-OH is 2. The number of aryl methyl sites for hydroxylation is 2. The summed E-state index contributed by atoms with van der Waals surface area (Å²) in [6.45, 7) is 5.88. The maximum atomic E-state index is 11.3. The van der Waals surface area contributed by atoms with Crippen LogP contribution in [0.4, 0.5) is 0 Å². The van der Waals surface area contributed by atoms with Crippen molar-refractivity contribution in [3.05, 3.63) is 104 Å². The summed E-state index contributed by atoms with van der Waals surface area (Å²) in [5.74, 6) is -0.000567. The molecular weight excluding hydrogens is 424 g/mol. The van der Waals surface area contributed by atoms with Crippen LogP contribution in [0.15, 0.2) is 70.9 Å². The molecule has 2 aromatic rings. The fourth-order valence-electron chi connectivity index (χ4n) is 5.17. The number of rotatable bonds is 7. The van der Waals surface area contributed by atoms with Gasteiger partial charge in [-0.2, -0.15) is 0 Å². The van der Waals surface area contributed by atoms with Gasteiger partial charge >= 0.3 is 0 Å². The number of hydrogen-bond donors (Lipinski definition) is 4. The molecule has 4 N–H and O–H groups in total. The highest BCUT2D eigenvalue weighted by Gasteiger charge is 2.29. The van der Waals surface area contributed by atoms with Crippen LogP contribution in [0.25, 0.3) is 0 Å². The highest BCUT2D eigenvalue weighted by atomic mass is 16.3. The van der Waals surface area contributed by atoms with Crippen LogP contribution in [0.1, 0.15) is 59.1 Å². The Balaban J connectivity index is 2.02. The van der Waals surface area contributed by atoms with E-state index in [0.717, 1.165) is 46.2 Å². The average molecular weight is 459 g/mol. The number of aromatic hydroxyl groups is 2. The first-order valence-corrected chi connectivity index (χ1v) is 12.0. The first-order chi connectivity index (χ1) is 16.3. The molecule has 0 unspecified atom stereocenters. The molecule has 0 atom stereocenters. The fourth-order valence-corrected chi connectivity index (χ4v) is 5.17. The molecule has 4 heteroatoms. The Bertz CT molecular complexity index is 1170. The Morgan fingerprint density at radius 2 is 1.32 bits per heavy atom. The summed E-state index contributed by atoms with van der Waals surface area (Å²) in [6.07, 6.45) is 11.5. The van der Waals surface area contributed by atoms with E-state index in [2.05, 4.69) is 31.2 Å². The van der Waals surface area contributed by atoms with Gasteiger partial charge in [0.25, 0.3) is 0 Å². The van der Waals surface area contributed by atoms with Gasteiger partial charge in [0, 0.05) is 30.3 Å². The van der Waals surface area contributed by atoms with Crippen LogP contribution in [0.3, 0.4) is 0 Å². The van der Waals surface area contributed by atoms with Crippen LogP contribution in [0, 0.1) is 13.8 Å². The van der Waals surface area contributed by atoms with Gasteiger partial charge in [0.15, 0.2) is 0 Å². The van der Waals surface area contributed by atoms with Gasteiger partial charge in [0.05, 0.1) is 0 Å². The predicted octanol–water partition coefficient (Wildman–Crippen LogP) is 5.45. The molecule has 0 aromatic heterocycles. The van der Waals surface area contributed by atoms with Crippen molar-refractivity contribution in [3.63, 3.8) is 0 Å². The number of allylic oxidation sites excluding steroid dienone is 8. The first-order valence-electron chi connectivity index (χ1n) is 12.0. The number of phenolic OH excluding ortho intramolecular Hbond substituents is 2. The van der Waals surface area contributed by atoms with Gasteiger partial charge in [-0.25, -0.2) is 0 Å². The highest BCUT2D eigenvalue weighted by molar-refractivity contribution is 5.62.